The summed E-state index contributed by atoms with van der Waals surface area (Å²) in [4.78, 5) is 53.7. The Morgan fingerprint density at radius 3 is 1.19 bits per heavy atom. The summed E-state index contributed by atoms with van der Waals surface area (Å²) in [7, 11) is 0. The SMILES string of the molecule is O=C(O)C[C@@H]1O[C@@H](c2cccc(Cl)c2)[C@@H](c2ccc(Cl)cc2)N(CC2CCCCC2)C1=O.O=C(O)C[C@H]1O[C@H](c2cccc(Cl)c2)[C@H](c2ccc(Cl)cc2)N(CC2CCCCC2)C1=O. The van der Waals surface area contributed by atoms with Crippen molar-refractivity contribution in [3.05, 3.63) is 139 Å². The lowest BCUT2D eigenvalue weighted by atomic mass is 9.86. The molecule has 4 aromatic carbocycles. The van der Waals surface area contributed by atoms with Crippen LogP contribution in [0.15, 0.2) is 97.1 Å². The highest BCUT2D eigenvalue weighted by atomic mass is 35.5. The summed E-state index contributed by atoms with van der Waals surface area (Å²) in [5.74, 6) is -1.86. The average Bonchev–Trinajstić information content (AvgIpc) is 3.28. The summed E-state index contributed by atoms with van der Waals surface area (Å²) in [6.45, 7) is 1.17. The Labute approximate surface area is 394 Å². The number of amides is 2. The van der Waals surface area contributed by atoms with Crippen LogP contribution in [-0.2, 0) is 28.7 Å². The molecule has 340 valence electrons. The summed E-state index contributed by atoms with van der Waals surface area (Å²) >= 11 is 24.8. The van der Waals surface area contributed by atoms with Gasteiger partial charge in [0.1, 0.15) is 24.4 Å². The van der Waals surface area contributed by atoms with Crippen molar-refractivity contribution in [3.8, 4) is 0 Å². The van der Waals surface area contributed by atoms with Gasteiger partial charge in [-0.2, -0.15) is 0 Å². The van der Waals surface area contributed by atoms with E-state index in [1.165, 1.54) is 12.8 Å². The predicted molar refractivity (Wildman–Crippen MR) is 248 cm³/mol. The van der Waals surface area contributed by atoms with Gasteiger partial charge in [-0.3, -0.25) is 19.2 Å². The molecule has 4 aliphatic rings. The largest absolute Gasteiger partial charge is 0.481 e. The zero-order valence-electron chi connectivity index (χ0n) is 35.5. The number of carboxylic acid groups (broad SMARTS) is 2. The number of nitrogens with zero attached hydrogens (tertiary/aromatic N) is 2. The molecule has 0 unspecified atom stereocenters. The van der Waals surface area contributed by atoms with Crippen LogP contribution in [-0.4, -0.2) is 69.1 Å². The molecule has 2 amide bonds. The van der Waals surface area contributed by atoms with Gasteiger partial charge in [0.25, 0.3) is 11.8 Å². The summed E-state index contributed by atoms with van der Waals surface area (Å²) < 4.78 is 12.4. The van der Waals surface area contributed by atoms with Crippen LogP contribution >= 0.6 is 46.4 Å². The number of morpholine rings is 2. The molecular formula is C50H54Cl4N2O8. The van der Waals surface area contributed by atoms with Gasteiger partial charge in [-0.05, 0) is 108 Å². The van der Waals surface area contributed by atoms with Gasteiger partial charge in [-0.1, -0.05) is 133 Å². The van der Waals surface area contributed by atoms with Crippen molar-refractivity contribution in [3.63, 3.8) is 0 Å². The lowest BCUT2D eigenvalue weighted by Gasteiger charge is -2.46. The maximum Gasteiger partial charge on any atom is 0.306 e. The van der Waals surface area contributed by atoms with E-state index in [2.05, 4.69) is 0 Å². The molecule has 0 bridgehead atoms. The molecular weight excluding hydrogens is 898 g/mol. The molecule has 2 heterocycles. The summed E-state index contributed by atoms with van der Waals surface area (Å²) in [6.07, 6.45) is 7.47. The van der Waals surface area contributed by atoms with Crippen molar-refractivity contribution < 1.29 is 38.9 Å². The zero-order valence-corrected chi connectivity index (χ0v) is 38.5. The number of hydrogen-bond acceptors (Lipinski definition) is 6. The van der Waals surface area contributed by atoms with Crippen LogP contribution in [0.25, 0.3) is 0 Å². The van der Waals surface area contributed by atoms with Crippen molar-refractivity contribution in [2.24, 2.45) is 11.8 Å². The standard InChI is InChI=1S/2C25H27Cl2NO4/c2*26-19-11-9-17(10-12-19)23-24(18-7-4-8-20(27)13-18)32-21(14-22(29)30)25(31)28(23)15-16-5-2-1-3-6-16/h2*4,7-13,16,21,23-24H,1-3,5-6,14-15H2,(H,29,30)/t2*21-,23+,24-/m10/s1. The Morgan fingerprint density at radius 1 is 0.500 bits per heavy atom. The molecule has 2 N–H and O–H groups in total. The van der Waals surface area contributed by atoms with Crippen molar-refractivity contribution in [2.75, 3.05) is 13.1 Å². The normalized spacial score (nSPS) is 24.5. The molecule has 2 saturated heterocycles. The van der Waals surface area contributed by atoms with E-state index in [1.54, 1.807) is 36.4 Å². The van der Waals surface area contributed by atoms with Gasteiger partial charge in [0, 0.05) is 33.2 Å². The maximum atomic E-state index is 13.5. The highest BCUT2D eigenvalue weighted by molar-refractivity contribution is 6.31. The fourth-order valence-electron chi connectivity index (χ4n) is 9.80. The van der Waals surface area contributed by atoms with Crippen LogP contribution in [0.1, 0.15) is 124 Å². The number of ether oxygens (including phenoxy) is 2. The van der Waals surface area contributed by atoms with Crippen molar-refractivity contribution in [1.29, 1.82) is 0 Å². The number of carbonyl (C=O) groups excluding carboxylic acids is 2. The first-order valence-corrected chi connectivity index (χ1v) is 23.7. The van der Waals surface area contributed by atoms with Crippen molar-refractivity contribution >= 4 is 70.2 Å². The molecule has 4 aromatic rings. The predicted octanol–water partition coefficient (Wildman–Crippen LogP) is 12.1. The average molecular weight is 953 g/mol. The van der Waals surface area contributed by atoms with Gasteiger partial charge in [0.2, 0.25) is 0 Å². The topological polar surface area (TPSA) is 134 Å². The number of carboxylic acids is 2. The summed E-state index contributed by atoms with van der Waals surface area (Å²) in [5, 5.41) is 21.2. The second kappa shape index (κ2) is 22.4. The van der Waals surface area contributed by atoms with E-state index in [0.717, 1.165) is 73.6 Å². The number of hydrogen-bond donors (Lipinski definition) is 2. The lowest BCUT2D eigenvalue weighted by molar-refractivity contribution is -0.180. The van der Waals surface area contributed by atoms with Gasteiger partial charge in [0.05, 0.1) is 24.9 Å². The third kappa shape index (κ3) is 12.2. The summed E-state index contributed by atoms with van der Waals surface area (Å²) in [6, 6.07) is 28.8. The zero-order chi connectivity index (χ0) is 45.3. The second-order valence-electron chi connectivity index (χ2n) is 17.4. The quantitative estimate of drug-likeness (QED) is 0.143. The van der Waals surface area contributed by atoms with Crippen LogP contribution in [0, 0.1) is 11.8 Å². The van der Waals surface area contributed by atoms with Crippen LogP contribution in [0.2, 0.25) is 20.1 Å². The Hall–Kier alpha value is -4.16. The smallest absolute Gasteiger partial charge is 0.306 e. The molecule has 4 fully saturated rings. The van der Waals surface area contributed by atoms with E-state index < -0.39 is 48.4 Å². The Kier molecular flexibility index (Phi) is 16.7. The van der Waals surface area contributed by atoms with E-state index in [0.29, 0.717) is 45.0 Å². The van der Waals surface area contributed by atoms with Crippen LogP contribution in [0.4, 0.5) is 0 Å². The molecule has 64 heavy (non-hydrogen) atoms. The Balaban J connectivity index is 0.000000191. The number of carbonyl (C=O) groups is 4. The van der Waals surface area contributed by atoms with E-state index in [9.17, 15) is 29.4 Å². The van der Waals surface area contributed by atoms with Gasteiger partial charge in [0.15, 0.2) is 0 Å². The minimum absolute atomic E-state index is 0.267. The van der Waals surface area contributed by atoms with Gasteiger partial charge in [-0.15, -0.1) is 0 Å². The molecule has 0 aromatic heterocycles. The maximum absolute atomic E-state index is 13.5. The molecule has 2 aliphatic heterocycles. The minimum Gasteiger partial charge on any atom is -0.481 e. The fraction of sp³-hybridized carbons (Fsp3) is 0.440. The highest BCUT2D eigenvalue weighted by Crippen LogP contribution is 2.46. The summed E-state index contributed by atoms with van der Waals surface area (Å²) in [5.41, 5.74) is 3.43. The highest BCUT2D eigenvalue weighted by Gasteiger charge is 2.47. The fourth-order valence-corrected chi connectivity index (χ4v) is 10.4. The number of aliphatic carboxylic acids is 2. The van der Waals surface area contributed by atoms with E-state index in [-0.39, 0.29) is 24.7 Å². The third-order valence-corrected chi connectivity index (χ3v) is 13.8. The van der Waals surface area contributed by atoms with Crippen LogP contribution in [0.5, 0.6) is 0 Å². The molecule has 6 atom stereocenters. The molecule has 0 radical (unpaired) electrons. The number of halogens is 4. The molecule has 14 heteroatoms. The third-order valence-electron chi connectivity index (χ3n) is 12.8. The van der Waals surface area contributed by atoms with Crippen molar-refractivity contribution in [2.45, 2.75) is 114 Å². The van der Waals surface area contributed by atoms with Crippen LogP contribution in [0.3, 0.4) is 0 Å². The molecule has 0 spiro atoms. The van der Waals surface area contributed by atoms with Crippen molar-refractivity contribution in [1.82, 2.24) is 9.80 Å². The van der Waals surface area contributed by atoms with Gasteiger partial charge >= 0.3 is 11.9 Å². The second-order valence-corrected chi connectivity index (χ2v) is 19.1. The molecule has 8 rings (SSSR count). The van der Waals surface area contributed by atoms with E-state index in [4.69, 9.17) is 55.9 Å². The monoisotopic (exact) mass is 950 g/mol. The number of benzene rings is 4. The minimum atomic E-state index is -1.06. The first kappa shape index (κ1) is 47.8. The molecule has 10 nitrogen and oxygen atoms in total. The first-order valence-electron chi connectivity index (χ1n) is 22.2. The van der Waals surface area contributed by atoms with E-state index in [1.807, 2.05) is 70.5 Å². The number of rotatable bonds is 12. The van der Waals surface area contributed by atoms with Crippen LogP contribution < -0.4 is 0 Å². The Bertz CT molecular complexity index is 2070. The van der Waals surface area contributed by atoms with Gasteiger partial charge in [-0.25, -0.2) is 0 Å². The molecule has 2 aliphatic carbocycles. The Morgan fingerprint density at radius 2 is 0.859 bits per heavy atom. The molecule has 2 saturated carbocycles. The lowest BCUT2D eigenvalue weighted by Crippen LogP contribution is -2.52. The van der Waals surface area contributed by atoms with Gasteiger partial charge < -0.3 is 29.5 Å². The van der Waals surface area contributed by atoms with E-state index >= 15 is 0 Å². The first-order chi connectivity index (χ1) is 30.8.